The number of nitrogens with zero attached hydrogens (tertiary/aromatic N) is 1. The Kier molecular flexibility index (Phi) is 3.87. The van der Waals surface area contributed by atoms with Gasteiger partial charge in [-0.15, -0.1) is 11.3 Å². The number of nitrogens with one attached hydrogen (secondary N) is 1. The van der Waals surface area contributed by atoms with Gasteiger partial charge in [-0.25, -0.2) is 0 Å². The van der Waals surface area contributed by atoms with Gasteiger partial charge in [-0.05, 0) is 42.5 Å². The first kappa shape index (κ1) is 14.1. The molecule has 2 fully saturated rings. The van der Waals surface area contributed by atoms with Gasteiger partial charge in [0.1, 0.15) is 6.17 Å². The fraction of sp³-hybridized carbons (Fsp3) is 0.688. The van der Waals surface area contributed by atoms with E-state index in [9.17, 15) is 4.79 Å². The summed E-state index contributed by atoms with van der Waals surface area (Å²) in [4.78, 5) is 16.1. The number of hydrogen-bond donors (Lipinski definition) is 1. The maximum Gasteiger partial charge on any atom is 0.241 e. The SMILES string of the molecule is CCCC1NC(c2cccs2)N(CC2(CC)CC2)C1=O. The summed E-state index contributed by atoms with van der Waals surface area (Å²) in [5.74, 6) is 0.310. The fourth-order valence-electron chi connectivity index (χ4n) is 3.19. The molecular weight excluding hydrogens is 268 g/mol. The average molecular weight is 292 g/mol. The molecule has 1 saturated heterocycles. The molecule has 3 rings (SSSR count). The van der Waals surface area contributed by atoms with Crippen molar-refractivity contribution in [3.8, 4) is 0 Å². The van der Waals surface area contributed by atoms with Crippen LogP contribution in [0.1, 0.15) is 57.0 Å². The first-order valence-electron chi connectivity index (χ1n) is 7.79. The number of hydrogen-bond acceptors (Lipinski definition) is 3. The predicted octanol–water partition coefficient (Wildman–Crippen LogP) is 3.54. The Labute approximate surface area is 125 Å². The van der Waals surface area contributed by atoms with Crippen molar-refractivity contribution in [2.75, 3.05) is 6.54 Å². The Morgan fingerprint density at radius 2 is 2.25 bits per heavy atom. The maximum atomic E-state index is 12.7. The van der Waals surface area contributed by atoms with E-state index in [0.717, 1.165) is 19.4 Å². The van der Waals surface area contributed by atoms with Crippen LogP contribution in [0.15, 0.2) is 17.5 Å². The first-order chi connectivity index (χ1) is 9.69. The normalized spacial score (nSPS) is 28.1. The molecule has 2 atom stereocenters. The summed E-state index contributed by atoms with van der Waals surface area (Å²) in [5, 5.41) is 5.65. The van der Waals surface area contributed by atoms with Crippen LogP contribution in [0.25, 0.3) is 0 Å². The van der Waals surface area contributed by atoms with Crippen molar-refractivity contribution in [3.05, 3.63) is 22.4 Å². The number of amides is 1. The van der Waals surface area contributed by atoms with E-state index < -0.39 is 0 Å². The second-order valence-electron chi connectivity index (χ2n) is 6.25. The molecule has 0 aromatic carbocycles. The summed E-state index contributed by atoms with van der Waals surface area (Å²) >= 11 is 1.74. The molecule has 1 aromatic rings. The molecule has 3 nitrogen and oxygen atoms in total. The summed E-state index contributed by atoms with van der Waals surface area (Å²) in [6.45, 7) is 5.33. The van der Waals surface area contributed by atoms with Crippen LogP contribution >= 0.6 is 11.3 Å². The zero-order chi connectivity index (χ0) is 14.2. The summed E-state index contributed by atoms with van der Waals surface area (Å²) in [6, 6.07) is 4.23. The highest BCUT2D eigenvalue weighted by Crippen LogP contribution is 2.50. The van der Waals surface area contributed by atoms with Crippen LogP contribution < -0.4 is 5.32 Å². The molecule has 2 aliphatic rings. The van der Waals surface area contributed by atoms with Crippen molar-refractivity contribution in [1.82, 2.24) is 10.2 Å². The second kappa shape index (κ2) is 5.49. The van der Waals surface area contributed by atoms with Crippen molar-refractivity contribution in [2.24, 2.45) is 5.41 Å². The predicted molar refractivity (Wildman–Crippen MR) is 82.6 cm³/mol. The van der Waals surface area contributed by atoms with Crippen molar-refractivity contribution in [1.29, 1.82) is 0 Å². The highest BCUT2D eigenvalue weighted by Gasteiger charge is 2.48. The monoisotopic (exact) mass is 292 g/mol. The Morgan fingerprint density at radius 3 is 2.80 bits per heavy atom. The van der Waals surface area contributed by atoms with E-state index in [4.69, 9.17) is 0 Å². The molecule has 1 amide bonds. The van der Waals surface area contributed by atoms with Crippen molar-refractivity contribution >= 4 is 17.2 Å². The molecule has 1 aromatic heterocycles. The van der Waals surface area contributed by atoms with Gasteiger partial charge in [0, 0.05) is 11.4 Å². The molecule has 4 heteroatoms. The lowest BCUT2D eigenvalue weighted by molar-refractivity contribution is -0.131. The zero-order valence-electron chi connectivity index (χ0n) is 12.4. The minimum Gasteiger partial charge on any atom is -0.320 e. The number of rotatable bonds is 6. The summed E-state index contributed by atoms with van der Waals surface area (Å²) in [7, 11) is 0. The van der Waals surface area contributed by atoms with Crippen LogP contribution in [-0.4, -0.2) is 23.4 Å². The van der Waals surface area contributed by atoms with E-state index >= 15 is 0 Å². The third-order valence-electron chi connectivity index (χ3n) is 4.85. The highest BCUT2D eigenvalue weighted by molar-refractivity contribution is 7.10. The quantitative estimate of drug-likeness (QED) is 0.870. The molecule has 0 bridgehead atoms. The Balaban J connectivity index is 1.80. The Bertz CT molecular complexity index is 467. The Morgan fingerprint density at radius 1 is 1.45 bits per heavy atom. The number of thiophene rings is 1. The third kappa shape index (κ3) is 2.51. The lowest BCUT2D eigenvalue weighted by Crippen LogP contribution is -2.35. The van der Waals surface area contributed by atoms with E-state index in [2.05, 4.69) is 41.6 Å². The molecule has 1 aliphatic carbocycles. The van der Waals surface area contributed by atoms with Crippen LogP contribution in [0.5, 0.6) is 0 Å². The van der Waals surface area contributed by atoms with Gasteiger partial charge in [0.25, 0.3) is 0 Å². The van der Waals surface area contributed by atoms with Gasteiger partial charge < -0.3 is 4.90 Å². The number of carbonyl (C=O) groups is 1. The van der Waals surface area contributed by atoms with Gasteiger partial charge >= 0.3 is 0 Å². The van der Waals surface area contributed by atoms with Gasteiger partial charge in [-0.3, -0.25) is 10.1 Å². The van der Waals surface area contributed by atoms with Gasteiger partial charge in [0.15, 0.2) is 0 Å². The van der Waals surface area contributed by atoms with Gasteiger partial charge in [0.2, 0.25) is 5.91 Å². The van der Waals surface area contributed by atoms with Crippen LogP contribution in [0, 0.1) is 5.41 Å². The van der Waals surface area contributed by atoms with Gasteiger partial charge in [-0.1, -0.05) is 26.3 Å². The van der Waals surface area contributed by atoms with Crippen LogP contribution in [0.2, 0.25) is 0 Å². The zero-order valence-corrected chi connectivity index (χ0v) is 13.2. The minimum atomic E-state index is 0.0137. The topological polar surface area (TPSA) is 32.3 Å². The van der Waals surface area contributed by atoms with E-state index in [1.807, 2.05) is 0 Å². The lowest BCUT2D eigenvalue weighted by atomic mass is 10.0. The lowest BCUT2D eigenvalue weighted by Gasteiger charge is -2.27. The van der Waals surface area contributed by atoms with E-state index in [-0.39, 0.29) is 12.2 Å². The third-order valence-corrected chi connectivity index (χ3v) is 5.78. The summed E-state index contributed by atoms with van der Waals surface area (Å²) < 4.78 is 0. The average Bonchev–Trinajstić information content (AvgIpc) is 2.89. The largest absolute Gasteiger partial charge is 0.320 e. The maximum absolute atomic E-state index is 12.7. The fourth-order valence-corrected chi connectivity index (χ4v) is 3.98. The minimum absolute atomic E-state index is 0.0137. The second-order valence-corrected chi connectivity index (χ2v) is 7.22. The molecule has 20 heavy (non-hydrogen) atoms. The van der Waals surface area contributed by atoms with Gasteiger partial charge in [0.05, 0.1) is 6.04 Å². The molecule has 0 radical (unpaired) electrons. The first-order valence-corrected chi connectivity index (χ1v) is 8.67. The molecule has 2 heterocycles. The highest BCUT2D eigenvalue weighted by atomic mass is 32.1. The van der Waals surface area contributed by atoms with Crippen LogP contribution in [0.3, 0.4) is 0 Å². The number of carbonyl (C=O) groups excluding carboxylic acids is 1. The molecule has 1 saturated carbocycles. The molecule has 0 spiro atoms. The molecule has 1 aliphatic heterocycles. The molecule has 2 unspecified atom stereocenters. The van der Waals surface area contributed by atoms with Crippen LogP contribution in [0.4, 0.5) is 0 Å². The van der Waals surface area contributed by atoms with E-state index in [0.29, 0.717) is 11.3 Å². The van der Waals surface area contributed by atoms with E-state index in [1.54, 1.807) is 11.3 Å². The van der Waals surface area contributed by atoms with Crippen molar-refractivity contribution in [2.45, 2.75) is 58.2 Å². The molecule has 1 N–H and O–H groups in total. The van der Waals surface area contributed by atoms with Crippen molar-refractivity contribution < 1.29 is 4.79 Å². The molecular formula is C16H24N2OS. The van der Waals surface area contributed by atoms with E-state index in [1.165, 1.54) is 24.1 Å². The van der Waals surface area contributed by atoms with Crippen molar-refractivity contribution in [3.63, 3.8) is 0 Å². The smallest absolute Gasteiger partial charge is 0.241 e. The summed E-state index contributed by atoms with van der Waals surface area (Å²) in [6.07, 6.45) is 5.84. The Hall–Kier alpha value is -0.870. The van der Waals surface area contributed by atoms with Crippen LogP contribution in [-0.2, 0) is 4.79 Å². The standard InChI is InChI=1S/C16H24N2OS/c1-3-6-12-15(19)18(11-16(4-2)8-9-16)14(17-12)13-7-5-10-20-13/h5,7,10,12,14,17H,3-4,6,8-9,11H2,1-2H3. The summed E-state index contributed by atoms with van der Waals surface area (Å²) in [5.41, 5.74) is 0.411. The van der Waals surface area contributed by atoms with Gasteiger partial charge in [-0.2, -0.15) is 0 Å². The molecule has 110 valence electrons.